The van der Waals surface area contributed by atoms with Crippen LogP contribution >= 0.6 is 0 Å². The van der Waals surface area contributed by atoms with Crippen LogP contribution in [0.15, 0.2) is 24.3 Å². The van der Waals surface area contributed by atoms with Crippen molar-refractivity contribution in [1.29, 1.82) is 0 Å². The number of aromatic nitrogens is 2. The van der Waals surface area contributed by atoms with Crippen LogP contribution in [-0.4, -0.2) is 41.2 Å². The van der Waals surface area contributed by atoms with E-state index in [1.54, 1.807) is 4.90 Å². The van der Waals surface area contributed by atoms with Gasteiger partial charge in [0, 0.05) is 37.3 Å². The van der Waals surface area contributed by atoms with E-state index in [0.29, 0.717) is 13.1 Å². The second-order valence-corrected chi connectivity index (χ2v) is 6.50. The van der Waals surface area contributed by atoms with E-state index >= 15 is 0 Å². The lowest BCUT2D eigenvalue weighted by atomic mass is 10.1. The molecule has 1 atom stereocenters. The molecule has 1 unspecified atom stereocenters. The first-order valence-corrected chi connectivity index (χ1v) is 8.37. The Morgan fingerprint density at radius 1 is 1.29 bits per heavy atom. The predicted octanol–water partition coefficient (Wildman–Crippen LogP) is 2.61. The van der Waals surface area contributed by atoms with Crippen LogP contribution in [-0.2, 0) is 11.3 Å². The second kappa shape index (κ2) is 7.62. The van der Waals surface area contributed by atoms with Crippen LogP contribution in [0.3, 0.4) is 0 Å². The van der Waals surface area contributed by atoms with E-state index in [1.807, 2.05) is 44.8 Å². The van der Waals surface area contributed by atoms with Crippen LogP contribution in [0.5, 0.6) is 0 Å². The summed E-state index contributed by atoms with van der Waals surface area (Å²) < 4.78 is 1.98. The molecule has 5 nitrogen and oxygen atoms in total. The number of carbonyl (C=O) groups excluding carboxylic acids is 1. The summed E-state index contributed by atoms with van der Waals surface area (Å²) in [5, 5.41) is 7.76. The van der Waals surface area contributed by atoms with Crippen LogP contribution in [0.25, 0.3) is 5.69 Å². The number of carbonyl (C=O) groups is 1. The molecule has 0 aliphatic heterocycles. The number of rotatable bonds is 6. The van der Waals surface area contributed by atoms with E-state index < -0.39 is 0 Å². The number of nitrogens with zero attached hydrogens (tertiary/aromatic N) is 3. The van der Waals surface area contributed by atoms with Gasteiger partial charge in [-0.25, -0.2) is 4.68 Å². The summed E-state index contributed by atoms with van der Waals surface area (Å²) in [4.78, 5) is 14.2. The van der Waals surface area contributed by atoms with Gasteiger partial charge in [-0.2, -0.15) is 5.10 Å². The van der Waals surface area contributed by atoms with Crippen molar-refractivity contribution >= 4 is 5.91 Å². The standard InChI is InChI=1S/C19H28N4O/c1-13-9-7-8-10-18(13)23-16(4)17(15(3)21-23)12-22(6)19(24)14(2)11-20-5/h7-10,14,20H,11-12H2,1-6H3. The average Bonchev–Trinajstić information content (AvgIpc) is 2.82. The second-order valence-electron chi connectivity index (χ2n) is 6.50. The van der Waals surface area contributed by atoms with E-state index in [0.717, 1.165) is 22.6 Å². The van der Waals surface area contributed by atoms with Crippen molar-refractivity contribution in [2.24, 2.45) is 5.92 Å². The van der Waals surface area contributed by atoms with Gasteiger partial charge in [-0.05, 0) is 39.4 Å². The first kappa shape index (κ1) is 18.2. The quantitative estimate of drug-likeness (QED) is 0.887. The highest BCUT2D eigenvalue weighted by molar-refractivity contribution is 5.78. The topological polar surface area (TPSA) is 50.2 Å². The van der Waals surface area contributed by atoms with Crippen LogP contribution in [0.4, 0.5) is 0 Å². The van der Waals surface area contributed by atoms with Crippen LogP contribution < -0.4 is 5.32 Å². The third-order valence-corrected chi connectivity index (χ3v) is 4.49. The van der Waals surface area contributed by atoms with Gasteiger partial charge in [0.25, 0.3) is 0 Å². The molecule has 1 heterocycles. The Kier molecular flexibility index (Phi) is 5.78. The molecule has 0 bridgehead atoms. The summed E-state index contributed by atoms with van der Waals surface area (Å²) in [6.45, 7) is 9.37. The molecule has 0 aliphatic rings. The molecular formula is C19H28N4O. The molecule has 5 heteroatoms. The van der Waals surface area contributed by atoms with Crippen LogP contribution in [0.1, 0.15) is 29.4 Å². The molecule has 0 fully saturated rings. The minimum atomic E-state index is -0.0352. The number of nitrogens with one attached hydrogen (secondary N) is 1. The van der Waals surface area contributed by atoms with Gasteiger partial charge in [-0.15, -0.1) is 0 Å². The van der Waals surface area contributed by atoms with E-state index in [-0.39, 0.29) is 11.8 Å². The Morgan fingerprint density at radius 2 is 1.96 bits per heavy atom. The van der Waals surface area contributed by atoms with Crippen molar-refractivity contribution in [2.45, 2.75) is 34.2 Å². The zero-order valence-corrected chi connectivity index (χ0v) is 15.6. The highest BCUT2D eigenvalue weighted by atomic mass is 16.2. The monoisotopic (exact) mass is 328 g/mol. The van der Waals surface area contributed by atoms with E-state index in [9.17, 15) is 4.79 Å². The predicted molar refractivity (Wildman–Crippen MR) is 97.3 cm³/mol. The van der Waals surface area contributed by atoms with E-state index in [2.05, 4.69) is 31.3 Å². The fraction of sp³-hybridized carbons (Fsp3) is 0.474. The Morgan fingerprint density at radius 3 is 2.58 bits per heavy atom. The third kappa shape index (κ3) is 3.67. The number of para-hydroxylation sites is 1. The molecule has 2 aromatic rings. The highest BCUT2D eigenvalue weighted by Gasteiger charge is 2.20. The van der Waals surface area contributed by atoms with Gasteiger partial charge in [0.15, 0.2) is 0 Å². The van der Waals surface area contributed by atoms with Gasteiger partial charge < -0.3 is 10.2 Å². The number of hydrogen-bond acceptors (Lipinski definition) is 3. The highest BCUT2D eigenvalue weighted by Crippen LogP contribution is 2.21. The molecule has 1 amide bonds. The van der Waals surface area contributed by atoms with Crippen molar-refractivity contribution in [3.05, 3.63) is 46.8 Å². The van der Waals surface area contributed by atoms with Crippen molar-refractivity contribution in [3.8, 4) is 5.69 Å². The summed E-state index contributed by atoms with van der Waals surface area (Å²) in [6, 6.07) is 8.21. The summed E-state index contributed by atoms with van der Waals surface area (Å²) in [5.41, 5.74) is 5.44. The Balaban J connectivity index is 2.27. The van der Waals surface area contributed by atoms with Crippen molar-refractivity contribution < 1.29 is 4.79 Å². The molecule has 0 aliphatic carbocycles. The Hall–Kier alpha value is -2.14. The fourth-order valence-electron chi connectivity index (χ4n) is 3.02. The number of benzene rings is 1. The van der Waals surface area contributed by atoms with Gasteiger partial charge in [0.05, 0.1) is 11.4 Å². The Labute approximate surface area is 144 Å². The summed E-state index contributed by atoms with van der Waals surface area (Å²) >= 11 is 0. The summed E-state index contributed by atoms with van der Waals surface area (Å²) in [6.07, 6.45) is 0. The summed E-state index contributed by atoms with van der Waals surface area (Å²) in [7, 11) is 3.72. The van der Waals surface area contributed by atoms with Crippen molar-refractivity contribution in [1.82, 2.24) is 20.0 Å². The van der Waals surface area contributed by atoms with Crippen LogP contribution in [0, 0.1) is 26.7 Å². The number of hydrogen-bond donors (Lipinski definition) is 1. The molecule has 130 valence electrons. The number of amides is 1. The molecule has 0 saturated carbocycles. The molecule has 1 aromatic heterocycles. The zero-order chi connectivity index (χ0) is 17.9. The lowest BCUT2D eigenvalue weighted by molar-refractivity contribution is -0.134. The van der Waals surface area contributed by atoms with Gasteiger partial charge >= 0.3 is 0 Å². The van der Waals surface area contributed by atoms with E-state index in [1.165, 1.54) is 5.56 Å². The minimum absolute atomic E-state index is 0.0352. The van der Waals surface area contributed by atoms with Gasteiger partial charge in [-0.1, -0.05) is 25.1 Å². The smallest absolute Gasteiger partial charge is 0.226 e. The number of aryl methyl sites for hydroxylation is 2. The first-order valence-electron chi connectivity index (χ1n) is 8.37. The minimum Gasteiger partial charge on any atom is -0.341 e. The van der Waals surface area contributed by atoms with Crippen molar-refractivity contribution in [3.63, 3.8) is 0 Å². The average molecular weight is 328 g/mol. The molecule has 1 aromatic carbocycles. The lowest BCUT2D eigenvalue weighted by Gasteiger charge is -2.21. The Bertz CT molecular complexity index is 720. The molecule has 0 saturated heterocycles. The van der Waals surface area contributed by atoms with E-state index in [4.69, 9.17) is 5.10 Å². The molecular weight excluding hydrogens is 300 g/mol. The zero-order valence-electron chi connectivity index (χ0n) is 15.6. The fourth-order valence-corrected chi connectivity index (χ4v) is 3.02. The summed E-state index contributed by atoms with van der Waals surface area (Å²) in [5.74, 6) is 0.110. The van der Waals surface area contributed by atoms with Gasteiger partial charge in [0.2, 0.25) is 5.91 Å². The molecule has 0 radical (unpaired) electrons. The SMILES string of the molecule is CNCC(C)C(=O)N(C)Cc1c(C)nn(-c2ccccc2C)c1C. The lowest BCUT2D eigenvalue weighted by Crippen LogP contribution is -2.35. The molecule has 24 heavy (non-hydrogen) atoms. The normalized spacial score (nSPS) is 12.2. The largest absolute Gasteiger partial charge is 0.341 e. The third-order valence-electron chi connectivity index (χ3n) is 4.49. The maximum atomic E-state index is 12.4. The maximum Gasteiger partial charge on any atom is 0.226 e. The van der Waals surface area contributed by atoms with Gasteiger partial charge in [0.1, 0.15) is 0 Å². The molecule has 1 N–H and O–H groups in total. The maximum absolute atomic E-state index is 12.4. The first-order chi connectivity index (χ1) is 11.4. The molecule has 0 spiro atoms. The molecule has 2 rings (SSSR count). The van der Waals surface area contributed by atoms with Gasteiger partial charge in [-0.3, -0.25) is 4.79 Å². The van der Waals surface area contributed by atoms with Crippen molar-refractivity contribution in [2.75, 3.05) is 20.6 Å². The van der Waals surface area contributed by atoms with Crippen LogP contribution in [0.2, 0.25) is 0 Å².